The monoisotopic (exact) mass is 448 g/mol. The molecule has 1 aromatic heterocycles. The normalized spacial score (nSPS) is 12.4. The number of thioether (sulfide) groups is 1. The van der Waals surface area contributed by atoms with Gasteiger partial charge in [0.25, 0.3) is 0 Å². The number of anilines is 2. The lowest BCUT2D eigenvalue weighted by Crippen LogP contribution is -2.30. The topological polar surface area (TPSA) is 51.0 Å². The molecule has 0 atom stereocenters. The third-order valence-electron chi connectivity index (χ3n) is 4.94. The Morgan fingerprint density at radius 2 is 1.55 bits per heavy atom. The van der Waals surface area contributed by atoms with E-state index in [0.717, 1.165) is 26.7 Å². The molecule has 0 saturated heterocycles. The average Bonchev–Trinajstić information content (AvgIpc) is 3.16. The fourth-order valence-electron chi connectivity index (χ4n) is 3.46. The summed E-state index contributed by atoms with van der Waals surface area (Å²) in [6, 6.07) is 22.0. The van der Waals surface area contributed by atoms with Gasteiger partial charge in [-0.2, -0.15) is 0 Å². The molecule has 0 fully saturated rings. The standard InChI is InChI=1S/C23H17FN4OS2/c1-27-22(15-10-12-16(24)13-11-15)25-26-23(27)30-14-21(29)28-17-6-2-4-8-19(17)31-20-9-5-3-7-18(20)28/h2-13H,14H2,1H3. The van der Waals surface area contributed by atoms with E-state index in [4.69, 9.17) is 0 Å². The van der Waals surface area contributed by atoms with E-state index in [1.165, 1.54) is 23.9 Å². The van der Waals surface area contributed by atoms with Crippen LogP contribution in [-0.4, -0.2) is 26.4 Å². The molecule has 5 nitrogen and oxygen atoms in total. The molecule has 1 aliphatic rings. The molecule has 154 valence electrons. The third-order valence-corrected chi connectivity index (χ3v) is 7.08. The molecule has 0 unspecified atom stereocenters. The maximum atomic E-state index is 13.3. The number of carbonyl (C=O) groups excluding carboxylic acids is 1. The predicted octanol–water partition coefficient (Wildman–Crippen LogP) is 5.54. The summed E-state index contributed by atoms with van der Waals surface area (Å²) in [4.78, 5) is 17.2. The van der Waals surface area contributed by atoms with Crippen molar-refractivity contribution in [3.05, 3.63) is 78.6 Å². The van der Waals surface area contributed by atoms with E-state index >= 15 is 0 Å². The summed E-state index contributed by atoms with van der Waals surface area (Å²) < 4.78 is 15.0. The van der Waals surface area contributed by atoms with E-state index in [0.29, 0.717) is 11.0 Å². The van der Waals surface area contributed by atoms with Crippen molar-refractivity contribution < 1.29 is 9.18 Å². The van der Waals surface area contributed by atoms with E-state index in [-0.39, 0.29) is 17.5 Å². The van der Waals surface area contributed by atoms with E-state index < -0.39 is 0 Å². The average molecular weight is 449 g/mol. The van der Waals surface area contributed by atoms with Crippen LogP contribution in [0.2, 0.25) is 0 Å². The minimum atomic E-state index is -0.300. The van der Waals surface area contributed by atoms with Crippen LogP contribution >= 0.6 is 23.5 Å². The Hall–Kier alpha value is -3.10. The van der Waals surface area contributed by atoms with Gasteiger partial charge in [0.1, 0.15) is 5.82 Å². The number of rotatable bonds is 4. The minimum absolute atomic E-state index is 0.0310. The third kappa shape index (κ3) is 3.73. The molecule has 0 aliphatic carbocycles. The van der Waals surface area contributed by atoms with Gasteiger partial charge < -0.3 is 4.57 Å². The molecule has 0 radical (unpaired) electrons. The van der Waals surface area contributed by atoms with Gasteiger partial charge in [0, 0.05) is 22.4 Å². The molecule has 0 N–H and O–H groups in total. The molecule has 5 rings (SSSR count). The smallest absolute Gasteiger partial charge is 0.242 e. The maximum absolute atomic E-state index is 13.3. The van der Waals surface area contributed by atoms with E-state index in [1.807, 2.05) is 60.1 Å². The molecular weight excluding hydrogens is 431 g/mol. The molecule has 0 saturated carbocycles. The van der Waals surface area contributed by atoms with Crippen molar-refractivity contribution >= 4 is 40.8 Å². The number of halogens is 1. The Morgan fingerprint density at radius 1 is 0.935 bits per heavy atom. The first-order valence-corrected chi connectivity index (χ1v) is 11.4. The summed E-state index contributed by atoms with van der Waals surface area (Å²) in [6.07, 6.45) is 0. The molecule has 31 heavy (non-hydrogen) atoms. The zero-order valence-electron chi connectivity index (χ0n) is 16.5. The van der Waals surface area contributed by atoms with Crippen molar-refractivity contribution in [3.8, 4) is 11.4 Å². The number of hydrogen-bond donors (Lipinski definition) is 0. The summed E-state index contributed by atoms with van der Waals surface area (Å²) in [7, 11) is 1.84. The van der Waals surface area contributed by atoms with Crippen LogP contribution in [0.3, 0.4) is 0 Å². The van der Waals surface area contributed by atoms with Crippen LogP contribution < -0.4 is 4.90 Å². The molecule has 3 aromatic carbocycles. The second kappa shape index (κ2) is 8.20. The first kappa shape index (κ1) is 19.8. The van der Waals surface area contributed by atoms with Crippen molar-refractivity contribution in [2.75, 3.05) is 10.7 Å². The van der Waals surface area contributed by atoms with Gasteiger partial charge in [0.2, 0.25) is 5.91 Å². The molecule has 4 aromatic rings. The highest BCUT2D eigenvalue weighted by molar-refractivity contribution is 8.00. The van der Waals surface area contributed by atoms with Gasteiger partial charge in [-0.25, -0.2) is 4.39 Å². The molecule has 0 spiro atoms. The molecular formula is C23H17FN4OS2. The van der Waals surface area contributed by atoms with Crippen LogP contribution in [0, 0.1) is 5.82 Å². The fraction of sp³-hybridized carbons (Fsp3) is 0.0870. The van der Waals surface area contributed by atoms with Crippen LogP contribution in [0.15, 0.2) is 87.7 Å². The number of nitrogens with zero attached hydrogens (tertiary/aromatic N) is 4. The van der Waals surface area contributed by atoms with Crippen LogP contribution in [0.1, 0.15) is 0 Å². The number of amides is 1. The Morgan fingerprint density at radius 3 is 2.19 bits per heavy atom. The maximum Gasteiger partial charge on any atom is 0.242 e. The number of benzene rings is 3. The molecule has 2 heterocycles. The summed E-state index contributed by atoms with van der Waals surface area (Å²) in [5.41, 5.74) is 2.55. The number of aromatic nitrogens is 3. The van der Waals surface area contributed by atoms with Crippen molar-refractivity contribution in [2.45, 2.75) is 14.9 Å². The van der Waals surface area contributed by atoms with Gasteiger partial charge in [0.15, 0.2) is 11.0 Å². The highest BCUT2D eigenvalue weighted by Gasteiger charge is 2.28. The minimum Gasteiger partial charge on any atom is -0.305 e. The van der Waals surface area contributed by atoms with Crippen molar-refractivity contribution in [3.63, 3.8) is 0 Å². The predicted molar refractivity (Wildman–Crippen MR) is 121 cm³/mol. The second-order valence-corrected chi connectivity index (χ2v) is 8.95. The van der Waals surface area contributed by atoms with E-state index in [2.05, 4.69) is 10.2 Å². The number of para-hydroxylation sites is 2. The van der Waals surface area contributed by atoms with Gasteiger partial charge in [0.05, 0.1) is 17.1 Å². The van der Waals surface area contributed by atoms with Crippen molar-refractivity contribution in [2.24, 2.45) is 7.05 Å². The summed E-state index contributed by atoms with van der Waals surface area (Å²) in [6.45, 7) is 0. The van der Waals surface area contributed by atoms with Crippen LogP contribution in [0.5, 0.6) is 0 Å². The van der Waals surface area contributed by atoms with Crippen LogP contribution in [-0.2, 0) is 11.8 Å². The zero-order valence-corrected chi connectivity index (χ0v) is 18.2. The lowest BCUT2D eigenvalue weighted by molar-refractivity contribution is -0.115. The number of hydrogen-bond acceptors (Lipinski definition) is 5. The van der Waals surface area contributed by atoms with Crippen molar-refractivity contribution in [1.82, 2.24) is 14.8 Å². The largest absolute Gasteiger partial charge is 0.305 e. The SMILES string of the molecule is Cn1c(SCC(=O)N2c3ccccc3Sc3ccccc32)nnc1-c1ccc(F)cc1. The summed E-state index contributed by atoms with van der Waals surface area (Å²) in [5, 5.41) is 9.07. The number of carbonyl (C=O) groups is 1. The molecule has 0 bridgehead atoms. The van der Waals surface area contributed by atoms with Gasteiger partial charge >= 0.3 is 0 Å². The van der Waals surface area contributed by atoms with E-state index in [9.17, 15) is 9.18 Å². The van der Waals surface area contributed by atoms with E-state index in [1.54, 1.807) is 28.8 Å². The fourth-order valence-corrected chi connectivity index (χ4v) is 5.27. The lowest BCUT2D eigenvalue weighted by atomic mass is 10.2. The first-order valence-electron chi connectivity index (χ1n) is 9.59. The van der Waals surface area contributed by atoms with Gasteiger partial charge in [-0.05, 0) is 48.5 Å². The molecule has 8 heteroatoms. The molecule has 1 aliphatic heterocycles. The van der Waals surface area contributed by atoms with Gasteiger partial charge in [-0.3, -0.25) is 9.69 Å². The summed E-state index contributed by atoms with van der Waals surface area (Å²) in [5.74, 6) is 0.505. The van der Waals surface area contributed by atoms with Crippen LogP contribution in [0.25, 0.3) is 11.4 Å². The first-order chi connectivity index (χ1) is 15.1. The summed E-state index contributed by atoms with van der Waals surface area (Å²) >= 11 is 3.00. The zero-order chi connectivity index (χ0) is 21.4. The Balaban J connectivity index is 1.39. The Kier molecular flexibility index (Phi) is 5.25. The Labute approximate surface area is 187 Å². The van der Waals surface area contributed by atoms with Gasteiger partial charge in [-0.1, -0.05) is 47.8 Å². The van der Waals surface area contributed by atoms with Gasteiger partial charge in [-0.15, -0.1) is 10.2 Å². The number of fused-ring (bicyclic) bond motifs is 2. The highest BCUT2D eigenvalue weighted by Crippen LogP contribution is 2.48. The second-order valence-electron chi connectivity index (χ2n) is 6.93. The Bertz CT molecular complexity index is 1230. The highest BCUT2D eigenvalue weighted by atomic mass is 32.2. The van der Waals surface area contributed by atoms with Crippen LogP contribution in [0.4, 0.5) is 15.8 Å². The lowest BCUT2D eigenvalue weighted by Gasteiger charge is -2.30. The quantitative estimate of drug-likeness (QED) is 0.384. The van der Waals surface area contributed by atoms with Crippen molar-refractivity contribution in [1.29, 1.82) is 0 Å². The molecule has 1 amide bonds.